The van der Waals surface area contributed by atoms with Crippen LogP contribution in [0.2, 0.25) is 0 Å². The summed E-state index contributed by atoms with van der Waals surface area (Å²) in [4.78, 5) is 2.64. The van der Waals surface area contributed by atoms with Crippen LogP contribution in [0, 0.1) is 6.92 Å². The van der Waals surface area contributed by atoms with E-state index in [1.54, 1.807) is 0 Å². The van der Waals surface area contributed by atoms with E-state index in [9.17, 15) is 0 Å². The summed E-state index contributed by atoms with van der Waals surface area (Å²) in [6.45, 7) is 10.4. The van der Waals surface area contributed by atoms with Gasteiger partial charge < -0.3 is 10.2 Å². The Balaban J connectivity index is 1.84. The van der Waals surface area contributed by atoms with Crippen LogP contribution in [-0.2, 0) is 6.42 Å². The van der Waals surface area contributed by atoms with Gasteiger partial charge in [0.2, 0.25) is 0 Å². The fraction of sp³-hybridized carbons (Fsp3) is 0.647. The monoisotopic (exact) mass is 260 g/mol. The normalized spacial score (nSPS) is 25.8. The lowest BCUT2D eigenvalue weighted by molar-refractivity contribution is 0.221. The molecule has 1 aromatic carbocycles. The van der Waals surface area contributed by atoms with Crippen molar-refractivity contribution >= 4 is 0 Å². The van der Waals surface area contributed by atoms with Crippen molar-refractivity contribution in [1.29, 1.82) is 0 Å². The second-order valence-electron chi connectivity index (χ2n) is 6.13. The second-order valence-corrected chi connectivity index (χ2v) is 6.13. The minimum atomic E-state index is 0.650. The molecule has 1 aliphatic rings. The Kier molecular flexibility index (Phi) is 5.41. The van der Waals surface area contributed by atoms with Gasteiger partial charge in [-0.15, -0.1) is 0 Å². The zero-order valence-corrected chi connectivity index (χ0v) is 12.7. The fourth-order valence-corrected chi connectivity index (χ4v) is 2.90. The fourth-order valence-electron chi connectivity index (χ4n) is 2.90. The minimum Gasteiger partial charge on any atom is -0.312 e. The minimum absolute atomic E-state index is 0.650. The summed E-state index contributed by atoms with van der Waals surface area (Å²) < 4.78 is 0. The summed E-state index contributed by atoms with van der Waals surface area (Å²) in [6.07, 6.45) is 3.70. The molecule has 1 N–H and O–H groups in total. The molecule has 0 radical (unpaired) electrons. The Bertz CT molecular complexity index is 377. The second kappa shape index (κ2) is 7.06. The summed E-state index contributed by atoms with van der Waals surface area (Å²) >= 11 is 0. The summed E-state index contributed by atoms with van der Waals surface area (Å²) in [5.74, 6) is 0. The van der Waals surface area contributed by atoms with Crippen LogP contribution in [0.4, 0.5) is 0 Å². The molecule has 1 fully saturated rings. The van der Waals surface area contributed by atoms with Crippen LogP contribution < -0.4 is 5.32 Å². The molecule has 19 heavy (non-hydrogen) atoms. The zero-order chi connectivity index (χ0) is 13.7. The molecule has 1 aliphatic heterocycles. The highest BCUT2D eigenvalue weighted by Gasteiger charge is 2.15. The Morgan fingerprint density at radius 2 is 1.84 bits per heavy atom. The van der Waals surface area contributed by atoms with E-state index in [-0.39, 0.29) is 0 Å². The van der Waals surface area contributed by atoms with Gasteiger partial charge in [-0.2, -0.15) is 0 Å². The van der Waals surface area contributed by atoms with E-state index in [0.717, 1.165) is 0 Å². The SMILES string of the molecule is Cc1cccc(CCN2CCC(C)NC(C)CC2)c1. The van der Waals surface area contributed by atoms with E-state index < -0.39 is 0 Å². The van der Waals surface area contributed by atoms with E-state index in [0.29, 0.717) is 12.1 Å². The third-order valence-electron chi connectivity index (χ3n) is 4.12. The molecule has 2 atom stereocenters. The van der Waals surface area contributed by atoms with E-state index in [1.807, 2.05) is 0 Å². The smallest absolute Gasteiger partial charge is 0.00533 e. The van der Waals surface area contributed by atoms with Crippen molar-refractivity contribution in [2.75, 3.05) is 19.6 Å². The van der Waals surface area contributed by atoms with Crippen molar-refractivity contribution in [3.8, 4) is 0 Å². The van der Waals surface area contributed by atoms with E-state index in [2.05, 4.69) is 55.3 Å². The largest absolute Gasteiger partial charge is 0.312 e. The highest BCUT2D eigenvalue weighted by atomic mass is 15.1. The third-order valence-corrected chi connectivity index (χ3v) is 4.12. The predicted molar refractivity (Wildman–Crippen MR) is 82.6 cm³/mol. The van der Waals surface area contributed by atoms with Crippen LogP contribution in [0.15, 0.2) is 24.3 Å². The summed E-state index contributed by atoms with van der Waals surface area (Å²) in [5, 5.41) is 3.66. The average molecular weight is 260 g/mol. The molecule has 0 saturated carbocycles. The van der Waals surface area contributed by atoms with Crippen molar-refractivity contribution in [2.45, 2.75) is 52.1 Å². The van der Waals surface area contributed by atoms with E-state index in [1.165, 1.54) is 50.0 Å². The topological polar surface area (TPSA) is 15.3 Å². The summed E-state index contributed by atoms with van der Waals surface area (Å²) in [5.41, 5.74) is 2.85. The Morgan fingerprint density at radius 1 is 1.16 bits per heavy atom. The van der Waals surface area contributed by atoms with Crippen molar-refractivity contribution in [2.24, 2.45) is 0 Å². The molecule has 0 spiro atoms. The molecule has 0 bridgehead atoms. The average Bonchev–Trinajstić information content (AvgIpc) is 2.36. The lowest BCUT2D eigenvalue weighted by Crippen LogP contribution is -2.43. The van der Waals surface area contributed by atoms with E-state index in [4.69, 9.17) is 0 Å². The standard InChI is InChI=1S/C17H28N2/c1-14-5-4-6-17(13-14)9-12-19-10-7-15(2)18-16(3)8-11-19/h4-6,13,15-16,18H,7-12H2,1-3H3. The van der Waals surface area contributed by atoms with Gasteiger partial charge in [-0.1, -0.05) is 29.8 Å². The molecule has 1 aromatic rings. The first kappa shape index (κ1) is 14.5. The quantitative estimate of drug-likeness (QED) is 0.899. The summed E-state index contributed by atoms with van der Waals surface area (Å²) in [7, 11) is 0. The lowest BCUT2D eigenvalue weighted by atomic mass is 10.1. The number of nitrogens with zero attached hydrogens (tertiary/aromatic N) is 1. The maximum absolute atomic E-state index is 3.66. The molecule has 2 heteroatoms. The molecule has 106 valence electrons. The molecule has 2 rings (SSSR count). The van der Waals surface area contributed by atoms with Crippen LogP contribution in [0.1, 0.15) is 37.8 Å². The molecule has 2 unspecified atom stereocenters. The maximum Gasteiger partial charge on any atom is 0.00533 e. The van der Waals surface area contributed by atoms with Gasteiger partial charge in [-0.3, -0.25) is 0 Å². The van der Waals surface area contributed by atoms with Gasteiger partial charge in [0.1, 0.15) is 0 Å². The predicted octanol–water partition coefficient (Wildman–Crippen LogP) is 3.00. The number of benzene rings is 1. The first-order valence-corrected chi connectivity index (χ1v) is 7.67. The van der Waals surface area contributed by atoms with Crippen molar-refractivity contribution in [1.82, 2.24) is 10.2 Å². The van der Waals surface area contributed by atoms with Crippen molar-refractivity contribution in [3.05, 3.63) is 35.4 Å². The van der Waals surface area contributed by atoms with Crippen LogP contribution in [0.25, 0.3) is 0 Å². The first-order valence-electron chi connectivity index (χ1n) is 7.67. The van der Waals surface area contributed by atoms with Crippen LogP contribution in [0.3, 0.4) is 0 Å². The number of rotatable bonds is 3. The molecule has 2 nitrogen and oxygen atoms in total. The maximum atomic E-state index is 3.66. The highest BCUT2D eigenvalue weighted by molar-refractivity contribution is 5.22. The van der Waals surface area contributed by atoms with Gasteiger partial charge in [-0.05, 0) is 58.7 Å². The van der Waals surface area contributed by atoms with Crippen LogP contribution in [-0.4, -0.2) is 36.6 Å². The van der Waals surface area contributed by atoms with E-state index >= 15 is 0 Å². The molecular formula is C17H28N2. The molecule has 1 heterocycles. The Hall–Kier alpha value is -0.860. The molecule has 1 saturated heterocycles. The number of aryl methyl sites for hydroxylation is 1. The number of nitrogens with one attached hydrogen (secondary N) is 1. The van der Waals surface area contributed by atoms with Crippen LogP contribution >= 0.6 is 0 Å². The van der Waals surface area contributed by atoms with Gasteiger partial charge in [0, 0.05) is 18.6 Å². The Labute approximate surface area is 118 Å². The van der Waals surface area contributed by atoms with Gasteiger partial charge in [0.05, 0.1) is 0 Å². The first-order chi connectivity index (χ1) is 9.13. The van der Waals surface area contributed by atoms with Crippen molar-refractivity contribution in [3.63, 3.8) is 0 Å². The van der Waals surface area contributed by atoms with Gasteiger partial charge in [0.25, 0.3) is 0 Å². The third kappa shape index (κ3) is 4.96. The van der Waals surface area contributed by atoms with Gasteiger partial charge in [-0.25, -0.2) is 0 Å². The van der Waals surface area contributed by atoms with Gasteiger partial charge >= 0.3 is 0 Å². The summed E-state index contributed by atoms with van der Waals surface area (Å²) in [6, 6.07) is 10.2. The molecular weight excluding hydrogens is 232 g/mol. The molecule has 0 aromatic heterocycles. The van der Waals surface area contributed by atoms with Crippen LogP contribution in [0.5, 0.6) is 0 Å². The number of hydrogen-bond acceptors (Lipinski definition) is 2. The highest BCUT2D eigenvalue weighted by Crippen LogP contribution is 2.09. The molecule has 0 aliphatic carbocycles. The van der Waals surface area contributed by atoms with Gasteiger partial charge in [0.15, 0.2) is 0 Å². The lowest BCUT2D eigenvalue weighted by Gasteiger charge is -2.30. The Morgan fingerprint density at radius 3 is 2.47 bits per heavy atom. The zero-order valence-electron chi connectivity index (χ0n) is 12.7. The molecule has 0 amide bonds. The number of hydrogen-bond donors (Lipinski definition) is 1. The van der Waals surface area contributed by atoms with Crippen molar-refractivity contribution < 1.29 is 0 Å².